The summed E-state index contributed by atoms with van der Waals surface area (Å²) in [5.41, 5.74) is 5.97. The van der Waals surface area contributed by atoms with Crippen molar-refractivity contribution < 1.29 is 4.79 Å². The van der Waals surface area contributed by atoms with Crippen molar-refractivity contribution in [2.75, 3.05) is 5.43 Å². The van der Waals surface area contributed by atoms with E-state index in [0.29, 0.717) is 12.2 Å². The number of aromatic nitrogens is 1. The Morgan fingerprint density at radius 2 is 2.36 bits per heavy atom. The molecule has 0 radical (unpaired) electrons. The molecule has 0 aliphatic carbocycles. The lowest BCUT2D eigenvalue weighted by Crippen LogP contribution is -2.19. The van der Waals surface area contributed by atoms with E-state index in [2.05, 4.69) is 15.8 Å². The molecule has 1 aromatic rings. The Balaban J connectivity index is 2.58. The van der Waals surface area contributed by atoms with Crippen molar-refractivity contribution in [1.82, 2.24) is 10.4 Å². The summed E-state index contributed by atoms with van der Waals surface area (Å²) < 4.78 is 0. The molecule has 1 aromatic heterocycles. The molecule has 11 heavy (non-hydrogen) atoms. The fraction of sp³-hybridized carbons (Fsp3) is 0.143. The van der Waals surface area contributed by atoms with Crippen LogP contribution < -0.4 is 10.9 Å². The van der Waals surface area contributed by atoms with Crippen LogP contribution in [0, 0.1) is 6.92 Å². The highest BCUT2D eigenvalue weighted by Gasteiger charge is 1.88. The molecular formula is C7H9N3O. The van der Waals surface area contributed by atoms with Crippen LogP contribution in [0.3, 0.4) is 0 Å². The van der Waals surface area contributed by atoms with E-state index < -0.39 is 0 Å². The summed E-state index contributed by atoms with van der Waals surface area (Å²) in [7, 11) is 0. The number of aryl methyl sites for hydroxylation is 1. The van der Waals surface area contributed by atoms with Crippen LogP contribution >= 0.6 is 0 Å². The van der Waals surface area contributed by atoms with Crippen molar-refractivity contribution in [3.63, 3.8) is 0 Å². The molecule has 0 saturated carbocycles. The number of pyridine rings is 1. The van der Waals surface area contributed by atoms with Crippen molar-refractivity contribution in [3.05, 3.63) is 23.9 Å². The predicted octanol–water partition coefficient (Wildman–Crippen LogP) is 0.463. The highest BCUT2D eigenvalue weighted by Crippen LogP contribution is 2.01. The summed E-state index contributed by atoms with van der Waals surface area (Å²) in [4.78, 5) is 13.8. The maximum absolute atomic E-state index is 9.84. The van der Waals surface area contributed by atoms with E-state index in [4.69, 9.17) is 0 Å². The lowest BCUT2D eigenvalue weighted by Gasteiger charge is -2.01. The van der Waals surface area contributed by atoms with Gasteiger partial charge in [0.25, 0.3) is 0 Å². The second-order valence-electron chi connectivity index (χ2n) is 2.11. The molecule has 0 fully saturated rings. The Morgan fingerprint density at radius 1 is 1.55 bits per heavy atom. The minimum atomic E-state index is 0.557. The van der Waals surface area contributed by atoms with Crippen LogP contribution in [0.1, 0.15) is 5.56 Å². The summed E-state index contributed by atoms with van der Waals surface area (Å²) in [6.07, 6.45) is 2.27. The van der Waals surface area contributed by atoms with Gasteiger partial charge in [0.1, 0.15) is 5.82 Å². The smallest absolute Gasteiger partial charge is 0.225 e. The fourth-order valence-corrected chi connectivity index (χ4v) is 0.645. The number of carbonyl (C=O) groups is 1. The number of amides is 1. The number of nitrogens with zero attached hydrogens (tertiary/aromatic N) is 1. The average Bonchev–Trinajstić information content (AvgIpc) is 2.04. The Kier molecular flexibility index (Phi) is 2.43. The molecule has 1 heterocycles. The van der Waals surface area contributed by atoms with Gasteiger partial charge in [0.15, 0.2) is 0 Å². The van der Waals surface area contributed by atoms with Crippen molar-refractivity contribution >= 4 is 12.2 Å². The number of hydrogen-bond donors (Lipinski definition) is 2. The van der Waals surface area contributed by atoms with E-state index in [9.17, 15) is 4.79 Å². The fourth-order valence-electron chi connectivity index (χ4n) is 0.645. The van der Waals surface area contributed by atoms with Crippen LogP contribution in [-0.2, 0) is 4.79 Å². The van der Waals surface area contributed by atoms with E-state index in [1.54, 1.807) is 12.3 Å². The third-order valence-corrected chi connectivity index (χ3v) is 1.17. The molecule has 0 unspecified atom stereocenters. The van der Waals surface area contributed by atoms with Gasteiger partial charge in [-0.15, -0.1) is 0 Å². The Bertz CT molecular complexity index is 232. The maximum Gasteiger partial charge on any atom is 0.225 e. The monoisotopic (exact) mass is 151 g/mol. The zero-order valence-corrected chi connectivity index (χ0v) is 6.16. The van der Waals surface area contributed by atoms with Crippen LogP contribution in [-0.4, -0.2) is 11.4 Å². The summed E-state index contributed by atoms with van der Waals surface area (Å²) in [6, 6.07) is 3.69. The SMILES string of the molecule is Cc1ccc(NNC=O)nc1. The molecule has 0 atom stereocenters. The van der Waals surface area contributed by atoms with Crippen molar-refractivity contribution in [1.29, 1.82) is 0 Å². The number of hydrogen-bond acceptors (Lipinski definition) is 3. The van der Waals surface area contributed by atoms with E-state index in [1.165, 1.54) is 0 Å². The lowest BCUT2D eigenvalue weighted by atomic mass is 10.3. The largest absolute Gasteiger partial charge is 0.282 e. The molecule has 1 amide bonds. The number of rotatable bonds is 3. The first-order valence-electron chi connectivity index (χ1n) is 3.21. The molecule has 0 saturated heterocycles. The zero-order chi connectivity index (χ0) is 8.10. The van der Waals surface area contributed by atoms with Gasteiger partial charge in [0, 0.05) is 6.20 Å². The molecule has 0 aliphatic rings. The molecule has 2 N–H and O–H groups in total. The predicted molar refractivity (Wildman–Crippen MR) is 41.8 cm³/mol. The normalized spacial score (nSPS) is 8.82. The van der Waals surface area contributed by atoms with Crippen LogP contribution in [0.15, 0.2) is 18.3 Å². The number of carbonyl (C=O) groups excluding carboxylic acids is 1. The van der Waals surface area contributed by atoms with E-state index in [-0.39, 0.29) is 0 Å². The molecule has 4 nitrogen and oxygen atoms in total. The first-order chi connectivity index (χ1) is 5.33. The zero-order valence-electron chi connectivity index (χ0n) is 6.16. The maximum atomic E-state index is 9.84. The van der Waals surface area contributed by atoms with E-state index >= 15 is 0 Å². The molecule has 0 bridgehead atoms. The Labute approximate surface area is 64.6 Å². The molecule has 1 rings (SSSR count). The van der Waals surface area contributed by atoms with E-state index in [0.717, 1.165) is 5.56 Å². The van der Waals surface area contributed by atoms with Gasteiger partial charge in [-0.25, -0.2) is 4.98 Å². The highest BCUT2D eigenvalue weighted by molar-refractivity contribution is 5.50. The molecule has 0 spiro atoms. The van der Waals surface area contributed by atoms with Gasteiger partial charge < -0.3 is 0 Å². The molecular weight excluding hydrogens is 142 g/mol. The average molecular weight is 151 g/mol. The lowest BCUT2D eigenvalue weighted by molar-refractivity contribution is -0.109. The van der Waals surface area contributed by atoms with Crippen molar-refractivity contribution in [2.24, 2.45) is 0 Å². The van der Waals surface area contributed by atoms with Gasteiger partial charge in [-0.2, -0.15) is 0 Å². The second kappa shape index (κ2) is 3.55. The van der Waals surface area contributed by atoms with Crippen LogP contribution in [0.25, 0.3) is 0 Å². The van der Waals surface area contributed by atoms with Crippen molar-refractivity contribution in [3.8, 4) is 0 Å². The Hall–Kier alpha value is -1.58. The molecule has 0 aliphatic heterocycles. The molecule has 58 valence electrons. The van der Waals surface area contributed by atoms with Gasteiger partial charge in [-0.3, -0.25) is 15.6 Å². The topological polar surface area (TPSA) is 54.0 Å². The minimum Gasteiger partial charge on any atom is -0.282 e. The van der Waals surface area contributed by atoms with Crippen LogP contribution in [0.2, 0.25) is 0 Å². The number of hydrazine groups is 1. The second-order valence-corrected chi connectivity index (χ2v) is 2.11. The Morgan fingerprint density at radius 3 is 2.91 bits per heavy atom. The quantitative estimate of drug-likeness (QED) is 0.487. The summed E-state index contributed by atoms with van der Waals surface area (Å²) >= 11 is 0. The summed E-state index contributed by atoms with van der Waals surface area (Å²) in [5, 5.41) is 0. The number of nitrogens with one attached hydrogen (secondary N) is 2. The summed E-state index contributed by atoms with van der Waals surface area (Å²) in [6.45, 7) is 1.95. The van der Waals surface area contributed by atoms with Gasteiger partial charge in [-0.05, 0) is 18.6 Å². The van der Waals surface area contributed by atoms with E-state index in [1.807, 2.05) is 13.0 Å². The van der Waals surface area contributed by atoms with Gasteiger partial charge >= 0.3 is 0 Å². The van der Waals surface area contributed by atoms with Gasteiger partial charge in [0.2, 0.25) is 6.41 Å². The van der Waals surface area contributed by atoms with Gasteiger partial charge in [0.05, 0.1) is 0 Å². The third kappa shape index (κ3) is 2.25. The van der Waals surface area contributed by atoms with Crippen molar-refractivity contribution in [2.45, 2.75) is 6.92 Å². The molecule has 4 heteroatoms. The minimum absolute atomic E-state index is 0.557. The third-order valence-electron chi connectivity index (χ3n) is 1.17. The standard InChI is InChI=1S/C7H9N3O/c1-6-2-3-7(8-4-6)10-9-5-11/h2-5H,1H3,(H,8,10)(H,9,11). The highest BCUT2D eigenvalue weighted by atomic mass is 16.1. The summed E-state index contributed by atoms with van der Waals surface area (Å²) in [5.74, 6) is 0.628. The first-order valence-corrected chi connectivity index (χ1v) is 3.21. The van der Waals surface area contributed by atoms with Crippen LogP contribution in [0.5, 0.6) is 0 Å². The first kappa shape index (κ1) is 7.53. The van der Waals surface area contributed by atoms with Crippen LogP contribution in [0.4, 0.5) is 5.82 Å². The molecule has 0 aromatic carbocycles. The van der Waals surface area contributed by atoms with Gasteiger partial charge in [-0.1, -0.05) is 6.07 Å². The number of anilines is 1.